The van der Waals surface area contributed by atoms with Crippen LogP contribution in [-0.4, -0.2) is 178 Å². The Labute approximate surface area is 838 Å². The molecule has 6 amide bonds. The molecular formula is C102H127ClF8N24O10. The topological polar surface area (TPSA) is 440 Å². The van der Waals surface area contributed by atoms with Gasteiger partial charge in [-0.15, -0.1) is 0 Å². The third kappa shape index (κ3) is 30.4. The maximum atomic E-state index is 13.8. The van der Waals surface area contributed by atoms with E-state index >= 15 is 0 Å². The first kappa shape index (κ1) is 112. The number of nitrogens with zero attached hydrogens (tertiary/aromatic N) is 18. The molecule has 2 aromatic carbocycles. The van der Waals surface area contributed by atoms with Gasteiger partial charge >= 0.3 is 6.18 Å². The van der Waals surface area contributed by atoms with Crippen LogP contribution in [0, 0.1) is 69.8 Å². The Hall–Kier alpha value is -13.5. The zero-order chi connectivity index (χ0) is 107. The summed E-state index contributed by atoms with van der Waals surface area (Å²) in [5, 5.41) is 55.7. The molecule has 0 saturated heterocycles. The minimum atomic E-state index is -4.53. The Morgan fingerprint density at radius 2 is 0.745 bits per heavy atom. The van der Waals surface area contributed by atoms with Gasteiger partial charge in [-0.25, -0.2) is 81.8 Å². The highest BCUT2D eigenvalue weighted by Crippen LogP contribution is 2.41. The number of imidazole rings is 6. The second-order valence-electron chi connectivity index (χ2n) is 41.4. The fraction of sp³-hybridized carbons (Fsp3) is 0.471. The quantitative estimate of drug-likeness (QED) is 0.0188. The zero-order valence-corrected chi connectivity index (χ0v) is 86.2. The van der Waals surface area contributed by atoms with Crippen LogP contribution in [0.5, 0.6) is 0 Å². The van der Waals surface area contributed by atoms with E-state index in [9.17, 15) is 84.3 Å². The molecule has 12 heterocycles. The summed E-state index contributed by atoms with van der Waals surface area (Å²) in [6.45, 7) is 37.7. The van der Waals surface area contributed by atoms with E-state index in [0.29, 0.717) is 70.3 Å². The average Bonchev–Trinajstić information content (AvgIpc) is 1.65. The Morgan fingerprint density at radius 1 is 0.386 bits per heavy atom. The highest BCUT2D eigenvalue weighted by atomic mass is 35.5. The van der Waals surface area contributed by atoms with Crippen molar-refractivity contribution in [3.8, 4) is 11.4 Å². The standard InChI is InChI=1S/C20H22F2N4O.C19H21FN4O2.C17H22F2N4O.C17H24N4O2.C16H24N4O2.C13H14ClF3N4O2/c1-11-6-16-18(23-12(11)2)26(15-8-13(21)7-14(22)9-15)19(24-16)25-17(27)10-20(3,4)5;1-4-19(3,26)11-16(25)23-18-22-15-10-5-12(2)21-17(15)24(18)14-8-6-13(20)7-9-14;1-10-7-8-12-14(20-10)23(11-5-4-6-11)16(21-12)22-13(24)9-17(2,3)15(18)19;1-4-17(3,23)10-14(22)20-16-19-13-9-8-11(2)18-15(13)21(16)12-6-5-7-12;1-10-7-8-11-13(17-10)20(15(2,3)4)14(18-11)19-12(21)9-16(5,6)22;1-12(2,23)5-9(22)20-11-18-7-3-4-8(14)19-10(7)21(11)6-13(15,16)17/h6-9H,10H2,1-5H3,(H,24,25,27);5-10,26H,4,11H2,1-3H3,(H,22,23,25);7-8,11,15H,4-6,9H2,1-3H3,(H,21,22,24);8-9,12,23H,4-7,10H2,1-3H3,(H,19,20,22);7-8,22H,9H2,1-6H3,(H,18,19,21);3-4,23H,5-6H2,1-2H3,(H,18,20,22). The van der Waals surface area contributed by atoms with Crippen molar-refractivity contribution in [2.24, 2.45) is 10.8 Å². The molecule has 2 fully saturated rings. The van der Waals surface area contributed by atoms with E-state index in [4.69, 9.17) is 11.6 Å². The van der Waals surface area contributed by atoms with Crippen molar-refractivity contribution >= 4 is 150 Å². The van der Waals surface area contributed by atoms with E-state index in [0.717, 1.165) is 105 Å². The van der Waals surface area contributed by atoms with E-state index < -0.39 is 70.4 Å². The first-order valence-corrected chi connectivity index (χ1v) is 47.9. The lowest BCUT2D eigenvalue weighted by Gasteiger charge is -2.29. The minimum Gasteiger partial charge on any atom is -0.390 e. The van der Waals surface area contributed by atoms with E-state index in [-0.39, 0.29) is 125 Å². The van der Waals surface area contributed by atoms with Crippen molar-refractivity contribution < 1.29 is 84.3 Å². The highest BCUT2D eigenvalue weighted by molar-refractivity contribution is 6.29. The number of carbonyl (C=O) groups is 6. The number of hydrogen-bond acceptors (Lipinski definition) is 22. The molecule has 0 radical (unpaired) electrons. The number of pyridine rings is 6. The number of carbonyl (C=O) groups excluding carboxylic acids is 6. The lowest BCUT2D eigenvalue weighted by molar-refractivity contribution is -0.140. The van der Waals surface area contributed by atoms with Gasteiger partial charge in [0.15, 0.2) is 33.9 Å². The zero-order valence-electron chi connectivity index (χ0n) is 85.4. The molecule has 34 nitrogen and oxygen atoms in total. The van der Waals surface area contributed by atoms with E-state index in [1.54, 1.807) is 44.4 Å². The van der Waals surface area contributed by atoms with Crippen LogP contribution in [0.3, 0.4) is 0 Å². The molecule has 2 unspecified atom stereocenters. The highest BCUT2D eigenvalue weighted by Gasteiger charge is 2.37. The lowest BCUT2D eigenvalue weighted by atomic mass is 9.89. The molecule has 0 bridgehead atoms. The molecule has 2 aliphatic carbocycles. The first-order valence-electron chi connectivity index (χ1n) is 47.5. The molecule has 16 rings (SSSR count). The largest absolute Gasteiger partial charge is 0.406 e. The average molecular weight is 2040 g/mol. The molecule has 12 aromatic heterocycles. The molecule has 43 heteroatoms. The fourth-order valence-corrected chi connectivity index (χ4v) is 15.5. The number of alkyl halides is 5. The maximum Gasteiger partial charge on any atom is 0.406 e. The monoisotopic (exact) mass is 2030 g/mol. The summed E-state index contributed by atoms with van der Waals surface area (Å²) < 4.78 is 115. The van der Waals surface area contributed by atoms with Crippen molar-refractivity contribution in [3.63, 3.8) is 0 Å². The van der Waals surface area contributed by atoms with Gasteiger partial charge in [0.05, 0.1) is 59.5 Å². The van der Waals surface area contributed by atoms with E-state index in [2.05, 4.69) is 91.7 Å². The summed E-state index contributed by atoms with van der Waals surface area (Å²) in [4.78, 5) is 126. The number of anilines is 6. The van der Waals surface area contributed by atoms with Crippen LogP contribution in [-0.2, 0) is 40.9 Å². The van der Waals surface area contributed by atoms with Gasteiger partial charge in [-0.2, -0.15) is 13.2 Å². The van der Waals surface area contributed by atoms with Crippen molar-refractivity contribution in [1.29, 1.82) is 0 Å². The number of nitrogens with one attached hydrogen (secondary N) is 6. The van der Waals surface area contributed by atoms with Gasteiger partial charge in [0.1, 0.15) is 62.2 Å². The number of rotatable bonds is 25. The van der Waals surface area contributed by atoms with Crippen molar-refractivity contribution in [1.82, 2.24) is 87.2 Å². The second-order valence-corrected chi connectivity index (χ2v) is 41.8. The number of aryl methyl sites for hydroxylation is 6. The van der Waals surface area contributed by atoms with Gasteiger partial charge in [0, 0.05) is 70.4 Å². The van der Waals surface area contributed by atoms with Crippen LogP contribution in [0.25, 0.3) is 78.4 Å². The van der Waals surface area contributed by atoms with Crippen LogP contribution < -0.4 is 31.9 Å². The van der Waals surface area contributed by atoms with Crippen LogP contribution in [0.2, 0.25) is 5.15 Å². The summed E-state index contributed by atoms with van der Waals surface area (Å²) in [5.74, 6) is -2.43. The summed E-state index contributed by atoms with van der Waals surface area (Å²) in [7, 11) is 0. The first-order chi connectivity index (χ1) is 67.4. The molecule has 0 spiro atoms. The summed E-state index contributed by atoms with van der Waals surface area (Å²) in [5.41, 5.74) is 6.48. The van der Waals surface area contributed by atoms with Crippen LogP contribution in [0.15, 0.2) is 109 Å². The number of benzene rings is 2. The van der Waals surface area contributed by atoms with Crippen molar-refractivity contribution in [3.05, 3.63) is 166 Å². The smallest absolute Gasteiger partial charge is 0.390 e. The maximum absolute atomic E-state index is 13.8. The van der Waals surface area contributed by atoms with E-state index in [1.165, 1.54) is 75.1 Å². The van der Waals surface area contributed by atoms with E-state index in [1.807, 2.05) is 165 Å². The van der Waals surface area contributed by atoms with Crippen molar-refractivity contribution in [2.75, 3.05) is 31.9 Å². The third-order valence-electron chi connectivity index (χ3n) is 23.6. The Balaban J connectivity index is 0.000000166. The Kier molecular flexibility index (Phi) is 34.8. The van der Waals surface area contributed by atoms with Gasteiger partial charge in [-0.3, -0.25) is 88.1 Å². The predicted molar refractivity (Wildman–Crippen MR) is 541 cm³/mol. The molecule has 10 N–H and O–H groups in total. The number of fused-ring (bicyclic) bond motifs is 6. The van der Waals surface area contributed by atoms with Crippen molar-refractivity contribution in [2.45, 2.75) is 301 Å². The van der Waals surface area contributed by atoms with Crippen LogP contribution in [0.1, 0.15) is 247 Å². The summed E-state index contributed by atoms with van der Waals surface area (Å²) in [6.07, 6.45) is 0.114. The predicted octanol–water partition coefficient (Wildman–Crippen LogP) is 20.4. The number of amides is 6. The molecule has 2 atom stereocenters. The van der Waals surface area contributed by atoms with Crippen LogP contribution >= 0.6 is 11.6 Å². The molecule has 778 valence electrons. The molecule has 2 saturated carbocycles. The molecular weight excluding hydrogens is 1910 g/mol. The van der Waals surface area contributed by atoms with Gasteiger partial charge in [0.25, 0.3) is 0 Å². The van der Waals surface area contributed by atoms with Gasteiger partial charge in [0.2, 0.25) is 77.6 Å². The SMILES string of the molecule is CC(C)(O)CC(=O)Nc1nc2ccc(Cl)nc2n1CC(F)(F)F.CCC(C)(O)CC(=O)Nc1nc2ccc(C)nc2n1-c1ccc(F)cc1.CCC(C)(O)CC(=O)Nc1nc2ccc(C)nc2n1C1CCC1.Cc1cc2nc(NC(=O)CC(C)(C)C)n(-c3cc(F)cc(F)c3)c2nc1C.Cc1ccc2nc(NC(=O)CC(C)(C)C(F)F)n(C3CCC3)c2n1.Cc1ccc2nc(NC(=O)CC(C)(C)O)n(C(C)(C)C)c2n1. The molecule has 2 aliphatic rings. The normalized spacial score (nSPS) is 14.0. The third-order valence-corrected chi connectivity index (χ3v) is 23.8. The Bertz CT molecular complexity index is 7050. The van der Waals surface area contributed by atoms with Gasteiger partial charge in [-0.1, -0.05) is 60.1 Å². The minimum absolute atomic E-state index is 0.00675. The van der Waals surface area contributed by atoms with Crippen LogP contribution in [0.4, 0.5) is 70.8 Å². The fourth-order valence-electron chi connectivity index (χ4n) is 15.3. The van der Waals surface area contributed by atoms with Gasteiger partial charge in [-0.05, 0) is 269 Å². The number of hydrogen-bond donors (Lipinski definition) is 10. The number of aliphatic hydroxyl groups is 4. The molecule has 0 aliphatic heterocycles. The lowest BCUT2D eigenvalue weighted by Crippen LogP contribution is -2.31. The number of aromatic nitrogens is 18. The molecule has 14 aromatic rings. The summed E-state index contributed by atoms with van der Waals surface area (Å²) >= 11 is 5.71. The molecule has 145 heavy (non-hydrogen) atoms. The number of halogens is 9. The second kappa shape index (κ2) is 45.0. The Morgan fingerprint density at radius 3 is 1.17 bits per heavy atom. The van der Waals surface area contributed by atoms with Gasteiger partial charge < -0.3 is 20.4 Å². The summed E-state index contributed by atoms with van der Waals surface area (Å²) in [6, 6.07) is 29.3.